The Balaban J connectivity index is 2.42. The Morgan fingerprint density at radius 3 is 2.74 bits per heavy atom. The van der Waals surface area contributed by atoms with Crippen molar-refractivity contribution in [2.45, 2.75) is 6.92 Å². The summed E-state index contributed by atoms with van der Waals surface area (Å²) in [6, 6.07) is 7.09. The van der Waals surface area contributed by atoms with Gasteiger partial charge < -0.3 is 15.4 Å². The maximum absolute atomic E-state index is 11.0. The summed E-state index contributed by atoms with van der Waals surface area (Å²) < 4.78 is 0. The predicted octanol–water partition coefficient (Wildman–Crippen LogP) is 2.38. The Morgan fingerprint density at radius 1 is 1.37 bits per heavy atom. The number of nitrogens with one attached hydrogen (secondary N) is 2. The molecule has 1 aromatic carbocycles. The number of carboxylic acids is 1. The van der Waals surface area contributed by atoms with E-state index in [9.17, 15) is 9.59 Å². The summed E-state index contributed by atoms with van der Waals surface area (Å²) in [7, 11) is 0. The number of benzene rings is 1. The van der Waals surface area contributed by atoms with Crippen molar-refractivity contribution in [3.8, 4) is 0 Å². The van der Waals surface area contributed by atoms with Crippen molar-refractivity contribution in [2.24, 2.45) is 0 Å². The molecule has 0 radical (unpaired) electrons. The van der Waals surface area contributed by atoms with E-state index in [0.29, 0.717) is 10.7 Å². The second-order valence-electron chi connectivity index (χ2n) is 4.00. The van der Waals surface area contributed by atoms with Crippen molar-refractivity contribution >= 4 is 40.5 Å². The van der Waals surface area contributed by atoms with Gasteiger partial charge in [0.1, 0.15) is 5.70 Å². The van der Waals surface area contributed by atoms with Gasteiger partial charge in [0.25, 0.3) is 0 Å². The molecule has 3 N–H and O–H groups in total. The van der Waals surface area contributed by atoms with Gasteiger partial charge in [0.05, 0.1) is 0 Å². The predicted molar refractivity (Wildman–Crippen MR) is 72.7 cm³/mol. The van der Waals surface area contributed by atoms with Gasteiger partial charge in [-0.2, -0.15) is 0 Å². The van der Waals surface area contributed by atoms with Crippen molar-refractivity contribution in [1.82, 2.24) is 10.3 Å². The zero-order chi connectivity index (χ0) is 14.0. The summed E-state index contributed by atoms with van der Waals surface area (Å²) in [4.78, 5) is 24.9. The van der Waals surface area contributed by atoms with Crippen molar-refractivity contribution in [3.63, 3.8) is 0 Å². The Kier molecular flexibility index (Phi) is 3.57. The van der Waals surface area contributed by atoms with Crippen LogP contribution >= 0.6 is 11.6 Å². The third kappa shape index (κ3) is 3.14. The lowest BCUT2D eigenvalue weighted by atomic mass is 10.2. The number of rotatable bonds is 3. The van der Waals surface area contributed by atoms with Crippen LogP contribution < -0.4 is 5.32 Å². The van der Waals surface area contributed by atoms with E-state index in [1.165, 1.54) is 13.0 Å². The highest BCUT2D eigenvalue weighted by atomic mass is 35.5. The van der Waals surface area contributed by atoms with Crippen molar-refractivity contribution in [2.75, 3.05) is 0 Å². The molecule has 1 amide bonds. The number of hydrogen-bond donors (Lipinski definition) is 3. The van der Waals surface area contributed by atoms with Crippen molar-refractivity contribution in [3.05, 3.63) is 40.7 Å². The number of hydrogen-bond acceptors (Lipinski definition) is 2. The van der Waals surface area contributed by atoms with Gasteiger partial charge in [-0.05, 0) is 24.3 Å². The first kappa shape index (κ1) is 13.2. The van der Waals surface area contributed by atoms with Crippen LogP contribution in [0.5, 0.6) is 0 Å². The van der Waals surface area contributed by atoms with Crippen LogP contribution in [0.2, 0.25) is 5.02 Å². The van der Waals surface area contributed by atoms with Crippen LogP contribution in [0.1, 0.15) is 12.6 Å². The number of H-pyrrole nitrogens is 1. The van der Waals surface area contributed by atoms with E-state index in [0.717, 1.165) is 10.9 Å². The van der Waals surface area contributed by atoms with Gasteiger partial charge in [-0.15, -0.1) is 0 Å². The fourth-order valence-electron chi connectivity index (χ4n) is 1.70. The fourth-order valence-corrected chi connectivity index (χ4v) is 1.87. The number of fused-ring (bicyclic) bond motifs is 1. The second kappa shape index (κ2) is 5.16. The van der Waals surface area contributed by atoms with Gasteiger partial charge in [0, 0.05) is 28.5 Å². The summed E-state index contributed by atoms with van der Waals surface area (Å²) in [5.74, 6) is -1.64. The summed E-state index contributed by atoms with van der Waals surface area (Å²) in [5, 5.41) is 12.7. The molecule has 98 valence electrons. The Morgan fingerprint density at radius 2 is 2.11 bits per heavy atom. The average Bonchev–Trinajstić information content (AvgIpc) is 2.68. The molecule has 1 aromatic heterocycles. The quantitative estimate of drug-likeness (QED) is 0.754. The van der Waals surface area contributed by atoms with Crippen LogP contribution in [-0.4, -0.2) is 22.0 Å². The first-order valence-corrected chi connectivity index (χ1v) is 5.84. The molecule has 0 spiro atoms. The first-order valence-electron chi connectivity index (χ1n) is 5.46. The topological polar surface area (TPSA) is 82.2 Å². The molecule has 2 rings (SSSR count). The van der Waals surface area contributed by atoms with Gasteiger partial charge in [-0.3, -0.25) is 4.79 Å². The number of halogens is 1. The zero-order valence-corrected chi connectivity index (χ0v) is 10.8. The second-order valence-corrected chi connectivity index (χ2v) is 4.44. The molecular weight excluding hydrogens is 268 g/mol. The summed E-state index contributed by atoms with van der Waals surface area (Å²) in [6.45, 7) is 1.25. The Labute approximate surface area is 113 Å². The number of aliphatic carboxylic acids is 1. The largest absolute Gasteiger partial charge is 0.477 e. The molecule has 6 heteroatoms. The summed E-state index contributed by atoms with van der Waals surface area (Å²) in [6.07, 6.45) is 1.36. The molecule has 0 saturated heterocycles. The highest BCUT2D eigenvalue weighted by Crippen LogP contribution is 2.20. The van der Waals surface area contributed by atoms with Crippen molar-refractivity contribution < 1.29 is 14.7 Å². The lowest BCUT2D eigenvalue weighted by Gasteiger charge is -2.01. The minimum absolute atomic E-state index is 0.190. The normalized spacial score (nSPS) is 11.6. The molecule has 0 unspecified atom stereocenters. The molecule has 0 bridgehead atoms. The maximum atomic E-state index is 11.0. The van der Waals surface area contributed by atoms with Crippen LogP contribution in [0.3, 0.4) is 0 Å². The minimum atomic E-state index is -1.20. The summed E-state index contributed by atoms with van der Waals surface area (Å²) in [5.41, 5.74) is 1.18. The van der Waals surface area contributed by atoms with Gasteiger partial charge in [-0.1, -0.05) is 17.7 Å². The number of carbonyl (C=O) groups is 2. The first-order chi connectivity index (χ1) is 8.95. The lowest BCUT2D eigenvalue weighted by Crippen LogP contribution is -2.24. The smallest absolute Gasteiger partial charge is 0.352 e. The van der Waals surface area contributed by atoms with Gasteiger partial charge >= 0.3 is 5.97 Å². The van der Waals surface area contributed by atoms with E-state index >= 15 is 0 Å². The molecule has 0 atom stereocenters. The van der Waals surface area contributed by atoms with E-state index in [4.69, 9.17) is 16.7 Å². The SMILES string of the molecule is CC(=O)NC(=Cc1cc2ccc(Cl)cc2[nH]1)C(=O)O. The standard InChI is InChI=1S/C13H11ClN2O3/c1-7(17)15-12(13(18)19)6-10-4-8-2-3-9(14)5-11(8)16-10/h2-6,16H,1H3,(H,15,17)(H,18,19). The van der Waals surface area contributed by atoms with Crippen LogP contribution in [-0.2, 0) is 9.59 Å². The van der Waals surface area contributed by atoms with Crippen LogP contribution in [0.4, 0.5) is 0 Å². The number of carboxylic acid groups (broad SMARTS) is 1. The highest BCUT2D eigenvalue weighted by Gasteiger charge is 2.09. The molecule has 19 heavy (non-hydrogen) atoms. The van der Waals surface area contributed by atoms with Gasteiger partial charge in [0.2, 0.25) is 5.91 Å². The third-order valence-electron chi connectivity index (χ3n) is 2.45. The molecular formula is C13H11ClN2O3. The molecule has 0 saturated carbocycles. The lowest BCUT2D eigenvalue weighted by molar-refractivity contribution is -0.134. The minimum Gasteiger partial charge on any atom is -0.477 e. The zero-order valence-electron chi connectivity index (χ0n) is 10.0. The molecule has 2 aromatic rings. The summed E-state index contributed by atoms with van der Waals surface area (Å²) >= 11 is 5.87. The molecule has 0 aliphatic carbocycles. The molecule has 0 aliphatic rings. The van der Waals surface area contributed by atoms with Crippen LogP contribution in [0.15, 0.2) is 30.0 Å². The number of carbonyl (C=O) groups excluding carboxylic acids is 1. The van der Waals surface area contributed by atoms with E-state index in [1.807, 2.05) is 6.07 Å². The number of amides is 1. The van der Waals surface area contributed by atoms with Gasteiger partial charge in [0.15, 0.2) is 0 Å². The number of aromatic nitrogens is 1. The van der Waals surface area contributed by atoms with E-state index < -0.39 is 11.9 Å². The van der Waals surface area contributed by atoms with Crippen molar-refractivity contribution in [1.29, 1.82) is 0 Å². The molecule has 5 nitrogen and oxygen atoms in total. The molecule has 0 fully saturated rings. The van der Waals surface area contributed by atoms with E-state index in [1.54, 1.807) is 18.2 Å². The van der Waals surface area contributed by atoms with E-state index in [2.05, 4.69) is 10.3 Å². The van der Waals surface area contributed by atoms with Gasteiger partial charge in [-0.25, -0.2) is 4.79 Å². The maximum Gasteiger partial charge on any atom is 0.352 e. The van der Waals surface area contributed by atoms with Crippen LogP contribution in [0, 0.1) is 0 Å². The third-order valence-corrected chi connectivity index (χ3v) is 2.68. The Hall–Kier alpha value is -2.27. The average molecular weight is 279 g/mol. The highest BCUT2D eigenvalue weighted by molar-refractivity contribution is 6.31. The van der Waals surface area contributed by atoms with Crippen LogP contribution in [0.25, 0.3) is 17.0 Å². The molecule has 1 heterocycles. The number of aromatic amines is 1. The fraction of sp³-hybridized carbons (Fsp3) is 0.0769. The Bertz CT molecular complexity index is 688. The molecule has 0 aliphatic heterocycles. The monoisotopic (exact) mass is 278 g/mol. The van der Waals surface area contributed by atoms with E-state index in [-0.39, 0.29) is 5.70 Å².